The standard InChI is InChI=1S/C13H19ClN2O2/c1-13(2,3)16-12(17)18-11(8-15)9-5-4-6-10(14)7-9/h4-7,11H,8,15H2,1-3H3,(H,16,17). The predicted molar refractivity (Wildman–Crippen MR) is 72.6 cm³/mol. The van der Waals surface area contributed by atoms with Crippen LogP contribution in [0.25, 0.3) is 0 Å². The van der Waals surface area contributed by atoms with Crippen molar-refractivity contribution < 1.29 is 9.53 Å². The molecule has 0 fully saturated rings. The molecule has 4 nitrogen and oxygen atoms in total. The normalized spacial score (nSPS) is 12.9. The lowest BCUT2D eigenvalue weighted by molar-refractivity contribution is 0.0949. The van der Waals surface area contributed by atoms with Crippen LogP contribution in [-0.2, 0) is 4.74 Å². The van der Waals surface area contributed by atoms with Crippen molar-refractivity contribution in [1.29, 1.82) is 0 Å². The van der Waals surface area contributed by atoms with Crippen molar-refractivity contribution in [2.75, 3.05) is 6.54 Å². The Bertz CT molecular complexity index is 416. The van der Waals surface area contributed by atoms with E-state index in [9.17, 15) is 4.79 Å². The third-order valence-corrected chi connectivity index (χ3v) is 2.40. The summed E-state index contributed by atoms with van der Waals surface area (Å²) in [4.78, 5) is 11.7. The van der Waals surface area contributed by atoms with Crippen LogP contribution in [0.4, 0.5) is 4.79 Å². The van der Waals surface area contributed by atoms with E-state index in [0.29, 0.717) is 5.02 Å². The molecule has 0 radical (unpaired) electrons. The molecule has 0 heterocycles. The van der Waals surface area contributed by atoms with Crippen LogP contribution >= 0.6 is 11.6 Å². The largest absolute Gasteiger partial charge is 0.440 e. The van der Waals surface area contributed by atoms with Crippen molar-refractivity contribution in [3.05, 3.63) is 34.9 Å². The van der Waals surface area contributed by atoms with Crippen molar-refractivity contribution in [1.82, 2.24) is 5.32 Å². The van der Waals surface area contributed by atoms with Crippen molar-refractivity contribution in [3.63, 3.8) is 0 Å². The number of benzene rings is 1. The molecule has 0 spiro atoms. The fourth-order valence-electron chi connectivity index (χ4n) is 1.42. The lowest BCUT2D eigenvalue weighted by atomic mass is 10.1. The van der Waals surface area contributed by atoms with Gasteiger partial charge >= 0.3 is 6.09 Å². The first-order valence-corrected chi connectivity index (χ1v) is 6.14. The Morgan fingerprint density at radius 1 is 1.50 bits per heavy atom. The summed E-state index contributed by atoms with van der Waals surface area (Å²) in [5.74, 6) is 0. The molecule has 1 atom stereocenters. The maximum absolute atomic E-state index is 11.7. The molecule has 0 aliphatic carbocycles. The van der Waals surface area contributed by atoms with Gasteiger partial charge < -0.3 is 15.8 Å². The molecule has 1 rings (SSSR count). The predicted octanol–water partition coefficient (Wildman–Crippen LogP) is 2.86. The molecule has 0 aliphatic heterocycles. The number of alkyl carbamates (subject to hydrolysis) is 1. The number of nitrogens with two attached hydrogens (primary N) is 1. The highest BCUT2D eigenvalue weighted by molar-refractivity contribution is 6.30. The third-order valence-electron chi connectivity index (χ3n) is 2.16. The van der Waals surface area contributed by atoms with Gasteiger partial charge in [0.2, 0.25) is 0 Å². The maximum Gasteiger partial charge on any atom is 0.408 e. The number of carbonyl (C=O) groups excluding carboxylic acids is 1. The minimum absolute atomic E-state index is 0.206. The first-order chi connectivity index (χ1) is 8.31. The number of rotatable bonds is 3. The average molecular weight is 271 g/mol. The number of hydrogen-bond donors (Lipinski definition) is 2. The van der Waals surface area contributed by atoms with E-state index < -0.39 is 12.2 Å². The SMILES string of the molecule is CC(C)(C)NC(=O)OC(CN)c1cccc(Cl)c1. The molecule has 100 valence electrons. The van der Waals surface area contributed by atoms with E-state index in [2.05, 4.69) is 5.32 Å². The van der Waals surface area contributed by atoms with Gasteiger partial charge in [-0.1, -0.05) is 23.7 Å². The van der Waals surface area contributed by atoms with Crippen LogP contribution < -0.4 is 11.1 Å². The van der Waals surface area contributed by atoms with Crippen molar-refractivity contribution in [2.24, 2.45) is 5.73 Å². The van der Waals surface area contributed by atoms with Crippen LogP contribution in [0.15, 0.2) is 24.3 Å². The van der Waals surface area contributed by atoms with Gasteiger partial charge in [-0.05, 0) is 38.5 Å². The number of hydrogen-bond acceptors (Lipinski definition) is 3. The quantitative estimate of drug-likeness (QED) is 0.888. The summed E-state index contributed by atoms with van der Waals surface area (Å²) >= 11 is 5.89. The maximum atomic E-state index is 11.7. The molecule has 1 aromatic rings. The van der Waals surface area contributed by atoms with E-state index in [1.807, 2.05) is 26.8 Å². The van der Waals surface area contributed by atoms with Gasteiger partial charge in [0, 0.05) is 17.1 Å². The molecular formula is C13H19ClN2O2. The van der Waals surface area contributed by atoms with Crippen molar-refractivity contribution in [3.8, 4) is 0 Å². The Labute approximate surface area is 112 Å². The average Bonchev–Trinajstić information content (AvgIpc) is 2.23. The number of halogens is 1. The van der Waals surface area contributed by atoms with Crippen molar-refractivity contribution in [2.45, 2.75) is 32.4 Å². The summed E-state index contributed by atoms with van der Waals surface area (Å²) in [5, 5.41) is 3.31. The Hall–Kier alpha value is -1.26. The van der Waals surface area contributed by atoms with Crippen LogP contribution in [0.3, 0.4) is 0 Å². The highest BCUT2D eigenvalue weighted by Crippen LogP contribution is 2.20. The van der Waals surface area contributed by atoms with Gasteiger partial charge in [0.05, 0.1) is 0 Å². The first-order valence-electron chi connectivity index (χ1n) is 5.76. The van der Waals surface area contributed by atoms with E-state index >= 15 is 0 Å². The zero-order chi connectivity index (χ0) is 13.8. The van der Waals surface area contributed by atoms with Crippen LogP contribution in [0, 0.1) is 0 Å². The lowest BCUT2D eigenvalue weighted by Crippen LogP contribution is -2.41. The molecule has 0 aliphatic rings. The summed E-state index contributed by atoms with van der Waals surface area (Å²) in [6.07, 6.45) is -0.982. The number of nitrogens with one attached hydrogen (secondary N) is 1. The second-order valence-corrected chi connectivity index (χ2v) is 5.50. The number of carbonyl (C=O) groups is 1. The summed E-state index contributed by atoms with van der Waals surface area (Å²) in [7, 11) is 0. The van der Waals surface area contributed by atoms with Gasteiger partial charge in [-0.15, -0.1) is 0 Å². The van der Waals surface area contributed by atoms with E-state index in [0.717, 1.165) is 5.56 Å². The van der Waals surface area contributed by atoms with Gasteiger partial charge in [-0.3, -0.25) is 0 Å². The molecule has 18 heavy (non-hydrogen) atoms. The van der Waals surface area contributed by atoms with Crippen LogP contribution in [0.5, 0.6) is 0 Å². The fraction of sp³-hybridized carbons (Fsp3) is 0.462. The molecule has 3 N–H and O–H groups in total. The Morgan fingerprint density at radius 3 is 2.67 bits per heavy atom. The highest BCUT2D eigenvalue weighted by atomic mass is 35.5. The van der Waals surface area contributed by atoms with Gasteiger partial charge in [-0.25, -0.2) is 4.79 Å². The monoisotopic (exact) mass is 270 g/mol. The topological polar surface area (TPSA) is 64.3 Å². The first kappa shape index (κ1) is 14.8. The summed E-state index contributed by atoms with van der Waals surface area (Å²) in [5.41, 5.74) is 6.06. The highest BCUT2D eigenvalue weighted by Gasteiger charge is 2.19. The summed E-state index contributed by atoms with van der Waals surface area (Å²) in [6.45, 7) is 5.85. The van der Waals surface area contributed by atoms with Gasteiger partial charge in [0.15, 0.2) is 0 Å². The Kier molecular flexibility index (Phi) is 4.99. The summed E-state index contributed by atoms with van der Waals surface area (Å²) in [6, 6.07) is 7.12. The Balaban J connectivity index is 2.71. The van der Waals surface area contributed by atoms with Crippen LogP contribution in [0.2, 0.25) is 5.02 Å². The molecule has 1 amide bonds. The molecule has 5 heteroatoms. The lowest BCUT2D eigenvalue weighted by Gasteiger charge is -2.23. The van der Waals surface area contributed by atoms with Crippen LogP contribution in [-0.4, -0.2) is 18.2 Å². The second kappa shape index (κ2) is 6.07. The third kappa shape index (κ3) is 4.94. The molecule has 0 bridgehead atoms. The smallest absolute Gasteiger partial charge is 0.408 e. The molecule has 0 saturated carbocycles. The van der Waals surface area contributed by atoms with E-state index in [1.54, 1.807) is 18.2 Å². The van der Waals surface area contributed by atoms with Crippen LogP contribution in [0.1, 0.15) is 32.4 Å². The summed E-state index contributed by atoms with van der Waals surface area (Å²) < 4.78 is 5.28. The van der Waals surface area contributed by atoms with Gasteiger partial charge in [0.1, 0.15) is 6.10 Å². The molecular weight excluding hydrogens is 252 g/mol. The Morgan fingerprint density at radius 2 is 2.17 bits per heavy atom. The zero-order valence-electron chi connectivity index (χ0n) is 10.9. The molecule has 0 aromatic heterocycles. The van der Waals surface area contributed by atoms with E-state index in [4.69, 9.17) is 22.1 Å². The zero-order valence-corrected chi connectivity index (χ0v) is 11.6. The van der Waals surface area contributed by atoms with Crippen molar-refractivity contribution >= 4 is 17.7 Å². The minimum Gasteiger partial charge on any atom is -0.440 e. The van der Waals surface area contributed by atoms with Gasteiger partial charge in [-0.2, -0.15) is 0 Å². The van der Waals surface area contributed by atoms with E-state index in [-0.39, 0.29) is 12.1 Å². The van der Waals surface area contributed by atoms with Gasteiger partial charge in [0.25, 0.3) is 0 Å². The molecule has 1 unspecified atom stereocenters. The molecule has 0 saturated heterocycles. The second-order valence-electron chi connectivity index (χ2n) is 5.06. The fourth-order valence-corrected chi connectivity index (χ4v) is 1.62. The minimum atomic E-state index is -0.494. The number of ether oxygens (including phenoxy) is 1. The molecule has 1 aromatic carbocycles. The van der Waals surface area contributed by atoms with E-state index in [1.165, 1.54) is 0 Å². The number of amides is 1.